The fourth-order valence-corrected chi connectivity index (χ4v) is 5.50. The zero-order valence-electron chi connectivity index (χ0n) is 21.5. The van der Waals surface area contributed by atoms with Crippen LogP contribution in [-0.4, -0.2) is 0 Å². The molecule has 3 aromatic rings. The number of benzene rings is 3. The second-order valence-electron chi connectivity index (χ2n) is 10.2. The van der Waals surface area contributed by atoms with Crippen molar-refractivity contribution in [2.24, 2.45) is 11.8 Å². The molecule has 0 spiro atoms. The monoisotopic (exact) mass is 466 g/mol. The van der Waals surface area contributed by atoms with Crippen LogP contribution < -0.4 is 0 Å². The van der Waals surface area contributed by atoms with Crippen molar-refractivity contribution in [1.82, 2.24) is 0 Å². The van der Waals surface area contributed by atoms with Crippen molar-refractivity contribution in [2.45, 2.75) is 78.1 Å². The summed E-state index contributed by atoms with van der Waals surface area (Å²) in [6.07, 6.45) is 16.4. The van der Waals surface area contributed by atoms with Crippen molar-refractivity contribution < 1.29 is 4.39 Å². The quantitative estimate of drug-likeness (QED) is 0.229. The summed E-state index contributed by atoms with van der Waals surface area (Å²) < 4.78 is 15.3. The van der Waals surface area contributed by atoms with E-state index in [0.29, 0.717) is 5.39 Å². The van der Waals surface area contributed by atoms with Crippen LogP contribution in [0.4, 0.5) is 4.39 Å². The van der Waals surface area contributed by atoms with Gasteiger partial charge in [-0.15, -0.1) is 0 Å². The summed E-state index contributed by atoms with van der Waals surface area (Å²) in [5.41, 5.74) is 4.12. The van der Waals surface area contributed by atoms with Crippen LogP contribution in [0, 0.1) is 29.5 Å². The molecule has 4 rings (SSSR count). The van der Waals surface area contributed by atoms with Gasteiger partial charge in [0.05, 0.1) is 0 Å². The highest BCUT2D eigenvalue weighted by Gasteiger charge is 2.21. The highest BCUT2D eigenvalue weighted by Crippen LogP contribution is 2.34. The molecule has 1 aliphatic carbocycles. The van der Waals surface area contributed by atoms with Crippen LogP contribution in [0.2, 0.25) is 0 Å². The third-order valence-electron chi connectivity index (χ3n) is 7.66. The molecule has 1 saturated carbocycles. The van der Waals surface area contributed by atoms with E-state index >= 15 is 4.39 Å². The average molecular weight is 467 g/mol. The number of rotatable bonds is 8. The maximum atomic E-state index is 15.3. The molecule has 0 heterocycles. The minimum absolute atomic E-state index is 0.0461. The Kier molecular flexibility index (Phi) is 9.19. The van der Waals surface area contributed by atoms with Crippen LogP contribution in [0.5, 0.6) is 0 Å². The Labute approximate surface area is 211 Å². The fraction of sp³-hybridized carbons (Fsp3) is 0.412. The van der Waals surface area contributed by atoms with Crippen LogP contribution in [0.1, 0.15) is 87.5 Å². The molecular formula is C34H39F. The third kappa shape index (κ3) is 7.08. The summed E-state index contributed by atoms with van der Waals surface area (Å²) in [5.74, 6) is 8.16. The summed E-state index contributed by atoms with van der Waals surface area (Å²) in [4.78, 5) is 0. The van der Waals surface area contributed by atoms with E-state index in [-0.39, 0.29) is 5.82 Å². The van der Waals surface area contributed by atoms with Crippen molar-refractivity contribution in [3.63, 3.8) is 0 Å². The van der Waals surface area contributed by atoms with E-state index in [0.717, 1.165) is 59.6 Å². The maximum absolute atomic E-state index is 15.3. The number of aryl methyl sites for hydroxylation is 2. The van der Waals surface area contributed by atoms with Crippen LogP contribution in [0.25, 0.3) is 10.8 Å². The lowest BCUT2D eigenvalue weighted by Gasteiger charge is -2.28. The summed E-state index contributed by atoms with van der Waals surface area (Å²) in [6.45, 7) is 4.34. The first-order valence-electron chi connectivity index (χ1n) is 13.6. The van der Waals surface area contributed by atoms with Crippen molar-refractivity contribution in [3.05, 3.63) is 94.8 Å². The second kappa shape index (κ2) is 12.7. The van der Waals surface area contributed by atoms with Gasteiger partial charge in [-0.1, -0.05) is 99.8 Å². The Balaban J connectivity index is 1.38. The van der Waals surface area contributed by atoms with E-state index in [9.17, 15) is 0 Å². The predicted molar refractivity (Wildman–Crippen MR) is 148 cm³/mol. The van der Waals surface area contributed by atoms with E-state index in [2.05, 4.69) is 68.2 Å². The van der Waals surface area contributed by atoms with Crippen LogP contribution in [0.3, 0.4) is 0 Å². The van der Waals surface area contributed by atoms with Gasteiger partial charge in [0, 0.05) is 16.5 Å². The molecule has 0 bridgehead atoms. The molecule has 0 N–H and O–H groups in total. The zero-order chi connectivity index (χ0) is 24.5. The molecule has 0 nitrogen and oxygen atoms in total. The predicted octanol–water partition coefficient (Wildman–Crippen LogP) is 9.43. The van der Waals surface area contributed by atoms with Gasteiger partial charge in [-0.25, -0.2) is 4.39 Å². The molecule has 0 aliphatic heterocycles. The normalized spacial score (nSPS) is 18.0. The Morgan fingerprint density at radius 1 is 0.829 bits per heavy atom. The molecule has 3 aromatic carbocycles. The summed E-state index contributed by atoms with van der Waals surface area (Å²) in [7, 11) is 0. The minimum Gasteiger partial charge on any atom is -0.206 e. The van der Waals surface area contributed by atoms with Gasteiger partial charge in [-0.05, 0) is 85.2 Å². The SMILES string of the molecule is C/C=C/CCc1ccc(C#Cc2ccc3c(F)c(CCC4CCC(CCC)CC4)ccc3c2)cc1. The van der Waals surface area contributed by atoms with Gasteiger partial charge < -0.3 is 0 Å². The van der Waals surface area contributed by atoms with Gasteiger partial charge in [0.25, 0.3) is 0 Å². The van der Waals surface area contributed by atoms with Gasteiger partial charge in [0.2, 0.25) is 0 Å². The minimum atomic E-state index is -0.0461. The number of fused-ring (bicyclic) bond motifs is 1. The first-order valence-corrected chi connectivity index (χ1v) is 13.6. The van der Waals surface area contributed by atoms with Gasteiger partial charge in [0.15, 0.2) is 0 Å². The molecule has 1 heteroatoms. The molecule has 0 aromatic heterocycles. The van der Waals surface area contributed by atoms with Crippen molar-refractivity contribution >= 4 is 10.8 Å². The highest BCUT2D eigenvalue weighted by molar-refractivity contribution is 5.85. The fourth-order valence-electron chi connectivity index (χ4n) is 5.50. The number of allylic oxidation sites excluding steroid dienone is 2. The first kappa shape index (κ1) is 25.2. The number of halogens is 1. The lowest BCUT2D eigenvalue weighted by molar-refractivity contribution is 0.252. The van der Waals surface area contributed by atoms with Crippen LogP contribution in [-0.2, 0) is 12.8 Å². The van der Waals surface area contributed by atoms with Gasteiger partial charge in [-0.2, -0.15) is 0 Å². The first-order chi connectivity index (χ1) is 17.2. The van der Waals surface area contributed by atoms with Gasteiger partial charge >= 0.3 is 0 Å². The topological polar surface area (TPSA) is 0 Å². The molecule has 0 amide bonds. The Morgan fingerprint density at radius 3 is 2.23 bits per heavy atom. The summed E-state index contributed by atoms with van der Waals surface area (Å²) in [6, 6.07) is 18.4. The number of hydrogen-bond acceptors (Lipinski definition) is 0. The van der Waals surface area contributed by atoms with Gasteiger partial charge in [-0.3, -0.25) is 0 Å². The van der Waals surface area contributed by atoms with E-state index in [1.165, 1.54) is 44.1 Å². The Bertz CT molecular complexity index is 1180. The van der Waals surface area contributed by atoms with Crippen LogP contribution >= 0.6 is 0 Å². The van der Waals surface area contributed by atoms with E-state index < -0.39 is 0 Å². The Hall–Kier alpha value is -2.85. The molecule has 182 valence electrons. The lowest BCUT2D eigenvalue weighted by Crippen LogP contribution is -2.15. The third-order valence-corrected chi connectivity index (χ3v) is 7.66. The molecule has 1 fully saturated rings. The van der Waals surface area contributed by atoms with E-state index in [1.807, 2.05) is 24.3 Å². The molecular weight excluding hydrogens is 427 g/mol. The smallest absolute Gasteiger partial charge is 0.134 e. The van der Waals surface area contributed by atoms with Crippen molar-refractivity contribution in [3.8, 4) is 11.8 Å². The summed E-state index contributed by atoms with van der Waals surface area (Å²) in [5, 5.41) is 1.64. The zero-order valence-corrected chi connectivity index (χ0v) is 21.5. The van der Waals surface area contributed by atoms with Gasteiger partial charge in [0.1, 0.15) is 5.82 Å². The summed E-state index contributed by atoms with van der Waals surface area (Å²) >= 11 is 0. The van der Waals surface area contributed by atoms with Crippen molar-refractivity contribution in [1.29, 1.82) is 0 Å². The molecule has 0 radical (unpaired) electrons. The standard InChI is InChI=1S/C34H39F/c1-3-5-6-8-27-11-15-28(16-12-27)17-18-30-20-24-33-32(25-30)23-22-31(34(33)35)21-19-29-13-9-26(7-4-2)10-14-29/h3,5,11-12,15-16,20,22-26,29H,4,6-10,13-14,19,21H2,1-2H3/b5-3+. The van der Waals surface area contributed by atoms with E-state index in [1.54, 1.807) is 0 Å². The second-order valence-corrected chi connectivity index (χ2v) is 10.2. The molecule has 0 unspecified atom stereocenters. The average Bonchev–Trinajstić information content (AvgIpc) is 2.89. The Morgan fingerprint density at radius 2 is 1.51 bits per heavy atom. The number of hydrogen-bond donors (Lipinski definition) is 0. The lowest BCUT2D eigenvalue weighted by atomic mass is 9.78. The highest BCUT2D eigenvalue weighted by atomic mass is 19.1. The molecule has 35 heavy (non-hydrogen) atoms. The van der Waals surface area contributed by atoms with Crippen molar-refractivity contribution in [2.75, 3.05) is 0 Å². The molecule has 0 atom stereocenters. The van der Waals surface area contributed by atoms with Crippen LogP contribution in [0.15, 0.2) is 66.7 Å². The largest absolute Gasteiger partial charge is 0.206 e. The molecule has 0 saturated heterocycles. The maximum Gasteiger partial charge on any atom is 0.134 e. The van der Waals surface area contributed by atoms with E-state index in [4.69, 9.17) is 0 Å². The molecule has 1 aliphatic rings.